The van der Waals surface area contributed by atoms with Gasteiger partial charge in [-0.2, -0.15) is 0 Å². The van der Waals surface area contributed by atoms with E-state index in [2.05, 4.69) is 21.8 Å². The molecule has 0 atom stereocenters. The molecule has 0 saturated heterocycles. The monoisotopic (exact) mass is 138 g/mol. The van der Waals surface area contributed by atoms with Crippen LogP contribution in [0.5, 0.6) is 0 Å². The molecule has 46 valence electrons. The Morgan fingerprint density at radius 3 is 3.56 bits per heavy atom. The quantitative estimate of drug-likeness (QED) is 0.521. The molecule has 0 amide bonds. The zero-order valence-corrected chi connectivity index (χ0v) is 5.61. The van der Waals surface area contributed by atoms with Crippen LogP contribution in [0, 0.1) is 0 Å². The van der Waals surface area contributed by atoms with E-state index in [0.717, 1.165) is 11.3 Å². The number of thiophene rings is 1. The van der Waals surface area contributed by atoms with Gasteiger partial charge < -0.3 is 5.32 Å². The van der Waals surface area contributed by atoms with Crippen molar-refractivity contribution in [3.05, 3.63) is 21.3 Å². The van der Waals surface area contributed by atoms with Gasteiger partial charge in [0.05, 0.1) is 0 Å². The number of rotatable bonds is 0. The Balaban J connectivity index is 2.89. The van der Waals surface area contributed by atoms with Gasteiger partial charge >= 0.3 is 0 Å². The minimum absolute atomic E-state index is 0.730. The number of hydrogen-bond donors (Lipinski definition) is 1. The molecule has 1 N–H and O–H groups in total. The average Bonchev–Trinajstić information content (AvgIpc) is 2.33. The molecule has 0 bridgehead atoms. The molecule has 0 unspecified atom stereocenters. The van der Waals surface area contributed by atoms with Crippen molar-refractivity contribution < 1.29 is 0 Å². The molecule has 0 saturated carbocycles. The molecule has 0 spiro atoms. The second-order valence-electron chi connectivity index (χ2n) is 1.85. The Bertz CT molecular complexity index is 282. The molecule has 1 aliphatic rings. The van der Waals surface area contributed by atoms with E-state index in [-0.39, 0.29) is 0 Å². The third kappa shape index (κ3) is 0.733. The first-order valence-corrected chi connectivity index (χ1v) is 3.66. The summed E-state index contributed by atoms with van der Waals surface area (Å²) < 4.78 is 1.15. The zero-order chi connectivity index (χ0) is 6.10. The molecule has 1 aliphatic heterocycles. The molecule has 0 fully saturated rings. The lowest BCUT2D eigenvalue weighted by molar-refractivity contribution is 0.879. The fourth-order valence-corrected chi connectivity index (χ4v) is 1.57. The van der Waals surface area contributed by atoms with Crippen molar-refractivity contribution in [1.82, 2.24) is 5.32 Å². The normalized spacial score (nSPS) is 14.7. The Kier molecular flexibility index (Phi) is 1.02. The highest BCUT2D eigenvalue weighted by atomic mass is 32.1. The summed E-state index contributed by atoms with van der Waals surface area (Å²) in [5.41, 5.74) is 0. The summed E-state index contributed by atoms with van der Waals surface area (Å²) in [4.78, 5) is 4.23. The summed E-state index contributed by atoms with van der Waals surface area (Å²) >= 11 is 1.69. The molecule has 0 aromatic carbocycles. The molecule has 0 aliphatic carbocycles. The van der Waals surface area contributed by atoms with Crippen LogP contribution in [0.4, 0.5) is 0 Å². The topological polar surface area (TPSA) is 24.4 Å². The second kappa shape index (κ2) is 1.84. The van der Waals surface area contributed by atoms with Crippen molar-refractivity contribution in [2.75, 3.05) is 6.67 Å². The van der Waals surface area contributed by atoms with E-state index in [0.29, 0.717) is 0 Å². The van der Waals surface area contributed by atoms with E-state index in [4.69, 9.17) is 0 Å². The molecule has 0 radical (unpaired) electrons. The van der Waals surface area contributed by atoms with Gasteiger partial charge in [-0.3, -0.25) is 4.99 Å². The molecule has 2 heterocycles. The Hall–Kier alpha value is -0.830. The molecule has 3 heteroatoms. The predicted molar refractivity (Wildman–Crippen MR) is 37.6 cm³/mol. The van der Waals surface area contributed by atoms with Crippen LogP contribution in [-0.2, 0) is 0 Å². The van der Waals surface area contributed by atoms with E-state index < -0.39 is 0 Å². The van der Waals surface area contributed by atoms with Crippen molar-refractivity contribution in [2.24, 2.45) is 4.99 Å². The largest absolute Gasteiger partial charge is 0.372 e. The van der Waals surface area contributed by atoms with Gasteiger partial charge in [0.2, 0.25) is 0 Å². The van der Waals surface area contributed by atoms with Gasteiger partial charge in [0, 0.05) is 11.4 Å². The molecule has 1 aromatic heterocycles. The smallest absolute Gasteiger partial charge is 0.121 e. The zero-order valence-electron chi connectivity index (χ0n) is 4.79. The Morgan fingerprint density at radius 1 is 1.67 bits per heavy atom. The summed E-state index contributed by atoms with van der Waals surface area (Å²) in [5, 5.41) is 6.31. The Morgan fingerprint density at radius 2 is 2.67 bits per heavy atom. The second-order valence-corrected chi connectivity index (χ2v) is 2.74. The highest BCUT2D eigenvalue weighted by Gasteiger charge is 1.90. The van der Waals surface area contributed by atoms with Crippen LogP contribution in [-0.4, -0.2) is 6.67 Å². The van der Waals surface area contributed by atoms with E-state index >= 15 is 0 Å². The fraction of sp³-hybridized carbons (Fsp3) is 0.167. The van der Waals surface area contributed by atoms with Gasteiger partial charge in [0.25, 0.3) is 0 Å². The van der Waals surface area contributed by atoms with Crippen LogP contribution in [0.25, 0.3) is 6.20 Å². The molecular weight excluding hydrogens is 132 g/mol. The van der Waals surface area contributed by atoms with Crippen molar-refractivity contribution >= 4 is 17.5 Å². The number of hydrogen-bond acceptors (Lipinski definition) is 3. The van der Waals surface area contributed by atoms with Crippen LogP contribution in [0.2, 0.25) is 0 Å². The maximum absolute atomic E-state index is 4.23. The van der Waals surface area contributed by atoms with Gasteiger partial charge in [-0.05, 0) is 11.4 Å². The van der Waals surface area contributed by atoms with Crippen molar-refractivity contribution in [1.29, 1.82) is 0 Å². The standard InChI is InChI=1S/C6H6N2S/c1-2-9-6-5(1)3-7-4-8-6/h1-3,7H,4H2. The Labute approximate surface area is 56.6 Å². The summed E-state index contributed by atoms with van der Waals surface area (Å²) in [6.45, 7) is 0.730. The maximum Gasteiger partial charge on any atom is 0.121 e. The average molecular weight is 138 g/mol. The molecular formula is C6H6N2S. The molecule has 2 nitrogen and oxygen atoms in total. The van der Waals surface area contributed by atoms with E-state index in [1.54, 1.807) is 11.3 Å². The van der Waals surface area contributed by atoms with E-state index in [1.807, 2.05) is 6.20 Å². The lowest BCUT2D eigenvalue weighted by atomic mass is 10.5. The van der Waals surface area contributed by atoms with Gasteiger partial charge in [-0.25, -0.2) is 0 Å². The first-order valence-electron chi connectivity index (χ1n) is 2.78. The molecule has 1 aromatic rings. The third-order valence-corrected chi connectivity index (χ3v) is 2.11. The summed E-state index contributed by atoms with van der Waals surface area (Å²) in [6.07, 6.45) is 2.00. The van der Waals surface area contributed by atoms with E-state index in [1.165, 1.54) is 5.22 Å². The summed E-state index contributed by atoms with van der Waals surface area (Å²) in [7, 11) is 0. The fourth-order valence-electron chi connectivity index (χ4n) is 0.823. The molecule has 2 rings (SSSR count). The highest BCUT2D eigenvalue weighted by molar-refractivity contribution is 7.07. The minimum atomic E-state index is 0.730. The van der Waals surface area contributed by atoms with E-state index in [9.17, 15) is 0 Å². The van der Waals surface area contributed by atoms with Crippen LogP contribution in [0.1, 0.15) is 0 Å². The minimum Gasteiger partial charge on any atom is -0.372 e. The lowest BCUT2D eigenvalue weighted by Crippen LogP contribution is -2.28. The highest BCUT2D eigenvalue weighted by Crippen LogP contribution is 1.82. The van der Waals surface area contributed by atoms with Crippen LogP contribution in [0.3, 0.4) is 0 Å². The van der Waals surface area contributed by atoms with Gasteiger partial charge in [0.1, 0.15) is 11.3 Å². The van der Waals surface area contributed by atoms with Crippen LogP contribution < -0.4 is 15.2 Å². The maximum atomic E-state index is 4.23. The number of fused-ring (bicyclic) bond motifs is 1. The first kappa shape index (κ1) is 4.99. The SMILES string of the molecule is C1=c2ccsc2=NCN1. The van der Waals surface area contributed by atoms with Gasteiger partial charge in [-0.15, -0.1) is 11.3 Å². The number of nitrogens with zero attached hydrogens (tertiary/aromatic N) is 1. The van der Waals surface area contributed by atoms with Crippen molar-refractivity contribution in [3.63, 3.8) is 0 Å². The first-order chi connectivity index (χ1) is 4.47. The third-order valence-electron chi connectivity index (χ3n) is 1.25. The molecule has 9 heavy (non-hydrogen) atoms. The summed E-state index contributed by atoms with van der Waals surface area (Å²) in [6, 6.07) is 2.07. The predicted octanol–water partition coefficient (Wildman–Crippen LogP) is -0.334. The van der Waals surface area contributed by atoms with Gasteiger partial charge in [0.15, 0.2) is 0 Å². The lowest BCUT2D eigenvalue weighted by Gasteiger charge is -1.95. The van der Waals surface area contributed by atoms with Gasteiger partial charge in [-0.1, -0.05) is 0 Å². The van der Waals surface area contributed by atoms with Crippen molar-refractivity contribution in [2.45, 2.75) is 0 Å². The van der Waals surface area contributed by atoms with Crippen molar-refractivity contribution in [3.8, 4) is 0 Å². The van der Waals surface area contributed by atoms with Crippen LogP contribution >= 0.6 is 11.3 Å². The van der Waals surface area contributed by atoms with Crippen LogP contribution in [0.15, 0.2) is 16.4 Å². The summed E-state index contributed by atoms with van der Waals surface area (Å²) in [5.74, 6) is 0. The number of nitrogens with one attached hydrogen (secondary N) is 1.